The third kappa shape index (κ3) is 3.08. The normalized spacial score (nSPS) is 21.1. The molecular formula is C13H14N2O4S. The number of carboxylic acid groups (broad SMARTS) is 1. The second-order valence-electron chi connectivity index (χ2n) is 4.69. The van der Waals surface area contributed by atoms with E-state index < -0.39 is 21.8 Å². The molecule has 0 aliphatic carbocycles. The van der Waals surface area contributed by atoms with Crippen LogP contribution in [0.4, 0.5) is 5.69 Å². The van der Waals surface area contributed by atoms with Gasteiger partial charge in [-0.1, -0.05) is 12.1 Å². The van der Waals surface area contributed by atoms with E-state index in [0.29, 0.717) is 11.3 Å². The maximum absolute atomic E-state index is 11.7. The van der Waals surface area contributed by atoms with Gasteiger partial charge >= 0.3 is 5.97 Å². The summed E-state index contributed by atoms with van der Waals surface area (Å²) < 4.78 is 23.4. The molecule has 0 saturated carbocycles. The summed E-state index contributed by atoms with van der Waals surface area (Å²) in [7, 11) is -3.23. The Kier molecular flexibility index (Phi) is 3.95. The first-order valence-electron chi connectivity index (χ1n) is 6.11. The molecular weight excluding hydrogens is 280 g/mol. The molecule has 2 rings (SSSR count). The van der Waals surface area contributed by atoms with E-state index in [2.05, 4.69) is 0 Å². The van der Waals surface area contributed by atoms with Gasteiger partial charge in [0.05, 0.1) is 35.2 Å². The van der Waals surface area contributed by atoms with E-state index in [0.717, 1.165) is 0 Å². The Morgan fingerprint density at radius 1 is 1.45 bits per heavy atom. The molecule has 20 heavy (non-hydrogen) atoms. The Bertz CT molecular complexity index is 663. The van der Waals surface area contributed by atoms with Crippen molar-refractivity contribution in [3.63, 3.8) is 0 Å². The first-order valence-corrected chi connectivity index (χ1v) is 7.93. The summed E-state index contributed by atoms with van der Waals surface area (Å²) in [6.07, 6.45) is -0.265. The molecule has 0 bridgehead atoms. The molecule has 1 aromatic rings. The number of hydrogen-bond acceptors (Lipinski definition) is 5. The van der Waals surface area contributed by atoms with Crippen LogP contribution in [0.3, 0.4) is 0 Å². The molecule has 1 aromatic carbocycles. The number of nitriles is 1. The molecule has 0 spiro atoms. The van der Waals surface area contributed by atoms with Crippen molar-refractivity contribution in [1.82, 2.24) is 0 Å². The quantitative estimate of drug-likeness (QED) is 0.878. The minimum Gasteiger partial charge on any atom is -0.481 e. The fourth-order valence-electron chi connectivity index (χ4n) is 2.39. The van der Waals surface area contributed by atoms with Gasteiger partial charge in [-0.05, 0) is 12.1 Å². The van der Waals surface area contributed by atoms with Crippen LogP contribution in [0.15, 0.2) is 24.3 Å². The van der Waals surface area contributed by atoms with E-state index >= 15 is 0 Å². The van der Waals surface area contributed by atoms with E-state index in [-0.39, 0.29) is 24.5 Å². The highest BCUT2D eigenvalue weighted by Crippen LogP contribution is 2.26. The predicted molar refractivity (Wildman–Crippen MR) is 73.2 cm³/mol. The number of para-hydroxylation sites is 1. The SMILES string of the molecule is N#Cc1ccccc1N1CCS(=O)(=O)CC1CC(=O)O. The Hall–Kier alpha value is -2.07. The van der Waals surface area contributed by atoms with E-state index in [1.165, 1.54) is 0 Å². The molecule has 0 amide bonds. The lowest BCUT2D eigenvalue weighted by Gasteiger charge is -2.36. The van der Waals surface area contributed by atoms with Crippen LogP contribution >= 0.6 is 0 Å². The molecule has 1 unspecified atom stereocenters. The Balaban J connectivity index is 2.38. The van der Waals surface area contributed by atoms with Crippen molar-refractivity contribution in [3.05, 3.63) is 29.8 Å². The van der Waals surface area contributed by atoms with Gasteiger partial charge in [0, 0.05) is 6.54 Å². The van der Waals surface area contributed by atoms with Gasteiger partial charge < -0.3 is 10.0 Å². The highest BCUT2D eigenvalue weighted by Gasteiger charge is 2.33. The molecule has 106 valence electrons. The summed E-state index contributed by atoms with van der Waals surface area (Å²) in [6, 6.07) is 8.22. The van der Waals surface area contributed by atoms with Crippen molar-refractivity contribution in [3.8, 4) is 6.07 Å². The summed E-state index contributed by atoms with van der Waals surface area (Å²) >= 11 is 0. The van der Waals surface area contributed by atoms with Gasteiger partial charge in [0.25, 0.3) is 0 Å². The van der Waals surface area contributed by atoms with Crippen LogP contribution in [-0.4, -0.2) is 43.6 Å². The second-order valence-corrected chi connectivity index (χ2v) is 6.92. The van der Waals surface area contributed by atoms with E-state index in [9.17, 15) is 13.2 Å². The van der Waals surface area contributed by atoms with E-state index in [4.69, 9.17) is 10.4 Å². The minimum atomic E-state index is -3.23. The van der Waals surface area contributed by atoms with Crippen molar-refractivity contribution in [2.24, 2.45) is 0 Å². The number of sulfone groups is 1. The van der Waals surface area contributed by atoms with Crippen molar-refractivity contribution in [2.45, 2.75) is 12.5 Å². The zero-order chi connectivity index (χ0) is 14.8. The van der Waals surface area contributed by atoms with Crippen molar-refractivity contribution >= 4 is 21.5 Å². The molecule has 1 N–H and O–H groups in total. The molecule has 1 aliphatic heterocycles. The lowest BCUT2D eigenvalue weighted by molar-refractivity contribution is -0.137. The Labute approximate surface area is 117 Å². The van der Waals surface area contributed by atoms with E-state index in [1.54, 1.807) is 29.2 Å². The van der Waals surface area contributed by atoms with Gasteiger partial charge in [0.15, 0.2) is 9.84 Å². The van der Waals surface area contributed by atoms with Crippen LogP contribution in [0, 0.1) is 11.3 Å². The maximum atomic E-state index is 11.7. The van der Waals surface area contributed by atoms with Crippen LogP contribution in [0.2, 0.25) is 0 Å². The van der Waals surface area contributed by atoms with Crippen molar-refractivity contribution in [1.29, 1.82) is 5.26 Å². The number of carbonyl (C=O) groups is 1. The summed E-state index contributed by atoms with van der Waals surface area (Å²) in [5.74, 6) is -1.27. The van der Waals surface area contributed by atoms with E-state index in [1.807, 2.05) is 6.07 Å². The number of carboxylic acids is 1. The zero-order valence-corrected chi connectivity index (χ0v) is 11.5. The molecule has 1 saturated heterocycles. The first kappa shape index (κ1) is 14.3. The number of aliphatic carboxylic acids is 1. The fraction of sp³-hybridized carbons (Fsp3) is 0.385. The first-order chi connectivity index (χ1) is 9.43. The number of hydrogen-bond donors (Lipinski definition) is 1. The number of nitrogens with zero attached hydrogens (tertiary/aromatic N) is 2. The van der Waals surface area contributed by atoms with Crippen LogP contribution in [0.25, 0.3) is 0 Å². The average molecular weight is 294 g/mol. The van der Waals surface area contributed by atoms with Gasteiger partial charge in [0.2, 0.25) is 0 Å². The predicted octanol–water partition coefficient (Wildman–Crippen LogP) is 0.636. The van der Waals surface area contributed by atoms with Gasteiger partial charge in [-0.3, -0.25) is 4.79 Å². The fourth-order valence-corrected chi connectivity index (χ4v) is 3.92. The molecule has 1 fully saturated rings. The number of benzene rings is 1. The highest BCUT2D eigenvalue weighted by molar-refractivity contribution is 7.91. The lowest BCUT2D eigenvalue weighted by Crippen LogP contribution is -2.49. The molecule has 1 heterocycles. The smallest absolute Gasteiger partial charge is 0.305 e. The van der Waals surface area contributed by atoms with Crippen molar-refractivity contribution < 1.29 is 18.3 Å². The Morgan fingerprint density at radius 2 is 2.15 bits per heavy atom. The third-order valence-corrected chi connectivity index (χ3v) is 4.97. The summed E-state index contributed by atoms with van der Waals surface area (Å²) in [5, 5.41) is 18.0. The summed E-state index contributed by atoms with van der Waals surface area (Å²) in [5.41, 5.74) is 1.01. The average Bonchev–Trinajstić information content (AvgIpc) is 2.37. The minimum absolute atomic E-state index is 0.0249. The van der Waals surface area contributed by atoms with Gasteiger partial charge in [-0.25, -0.2) is 8.42 Å². The monoisotopic (exact) mass is 294 g/mol. The molecule has 1 aliphatic rings. The van der Waals surface area contributed by atoms with Crippen LogP contribution in [-0.2, 0) is 14.6 Å². The molecule has 1 atom stereocenters. The largest absolute Gasteiger partial charge is 0.481 e. The maximum Gasteiger partial charge on any atom is 0.305 e. The summed E-state index contributed by atoms with van der Waals surface area (Å²) in [4.78, 5) is 12.6. The number of anilines is 1. The van der Waals surface area contributed by atoms with Gasteiger partial charge in [0.1, 0.15) is 6.07 Å². The molecule has 0 radical (unpaired) electrons. The molecule has 0 aromatic heterocycles. The molecule has 7 heteroatoms. The van der Waals surface area contributed by atoms with Crippen molar-refractivity contribution in [2.75, 3.05) is 23.0 Å². The summed E-state index contributed by atoms with van der Waals surface area (Å²) in [6.45, 7) is 0.207. The third-order valence-electron chi connectivity index (χ3n) is 3.27. The lowest BCUT2D eigenvalue weighted by atomic mass is 10.1. The Morgan fingerprint density at radius 3 is 2.80 bits per heavy atom. The van der Waals surface area contributed by atoms with Crippen LogP contribution in [0.5, 0.6) is 0 Å². The standard InChI is InChI=1S/C13H14N2O4S/c14-8-10-3-1-2-4-12(10)15-5-6-20(18,19)9-11(15)7-13(16)17/h1-4,11H,5-7,9H2,(H,16,17). The number of rotatable bonds is 3. The van der Waals surface area contributed by atoms with Gasteiger partial charge in [-0.2, -0.15) is 5.26 Å². The van der Waals surface area contributed by atoms with Crippen LogP contribution in [0.1, 0.15) is 12.0 Å². The zero-order valence-electron chi connectivity index (χ0n) is 10.7. The van der Waals surface area contributed by atoms with Gasteiger partial charge in [-0.15, -0.1) is 0 Å². The van der Waals surface area contributed by atoms with Crippen LogP contribution < -0.4 is 4.90 Å². The second kappa shape index (κ2) is 5.51. The topological polar surface area (TPSA) is 98.5 Å². The highest BCUT2D eigenvalue weighted by atomic mass is 32.2. The molecule has 6 nitrogen and oxygen atoms in total.